The van der Waals surface area contributed by atoms with Gasteiger partial charge in [-0.3, -0.25) is 9.59 Å². The molecule has 33 heavy (non-hydrogen) atoms. The molecule has 0 fully saturated rings. The molecule has 0 unspecified atom stereocenters. The first kappa shape index (κ1) is 22.8. The molecule has 0 saturated carbocycles. The summed E-state index contributed by atoms with van der Waals surface area (Å²) in [6.07, 6.45) is 1.19. The number of anilines is 2. The molecule has 5 heteroatoms. The van der Waals surface area contributed by atoms with Gasteiger partial charge in [-0.1, -0.05) is 56.3 Å². The van der Waals surface area contributed by atoms with E-state index in [9.17, 15) is 9.59 Å². The van der Waals surface area contributed by atoms with E-state index in [0.29, 0.717) is 30.5 Å². The molecule has 2 amide bonds. The van der Waals surface area contributed by atoms with Crippen molar-refractivity contribution in [3.05, 3.63) is 66.2 Å². The summed E-state index contributed by atoms with van der Waals surface area (Å²) in [6.45, 7) is 9.07. The molecule has 0 bridgehead atoms. The van der Waals surface area contributed by atoms with Crippen molar-refractivity contribution in [2.45, 2.75) is 40.5 Å². The highest BCUT2D eigenvalue weighted by Gasteiger charge is 2.37. The number of ether oxygens (including phenoxy) is 1. The molecule has 4 rings (SSSR count). The molecule has 0 atom stereocenters. The van der Waals surface area contributed by atoms with Crippen LogP contribution in [-0.2, 0) is 16.0 Å². The Morgan fingerprint density at radius 1 is 1.09 bits per heavy atom. The number of carbonyl (C=O) groups excluding carboxylic acids is 2. The highest BCUT2D eigenvalue weighted by atomic mass is 16.5. The Kier molecular flexibility index (Phi) is 6.41. The topological polar surface area (TPSA) is 58.6 Å². The van der Waals surface area contributed by atoms with Gasteiger partial charge in [0.25, 0.3) is 0 Å². The van der Waals surface area contributed by atoms with Crippen LogP contribution in [0.5, 0.6) is 5.75 Å². The molecule has 3 aromatic carbocycles. The molecule has 0 aromatic heterocycles. The number of benzene rings is 3. The largest absolute Gasteiger partial charge is 0.490 e. The molecule has 5 nitrogen and oxygen atoms in total. The van der Waals surface area contributed by atoms with E-state index < -0.39 is 5.41 Å². The van der Waals surface area contributed by atoms with Gasteiger partial charge in [-0.15, -0.1) is 0 Å². The average Bonchev–Trinajstić information content (AvgIpc) is 2.87. The van der Waals surface area contributed by atoms with E-state index in [1.54, 1.807) is 0 Å². The molecular formula is C28H32N2O3. The fourth-order valence-electron chi connectivity index (χ4n) is 4.16. The zero-order valence-corrected chi connectivity index (χ0v) is 19.9. The van der Waals surface area contributed by atoms with Crippen molar-refractivity contribution < 1.29 is 14.3 Å². The molecule has 1 N–H and O–H groups in total. The Bertz CT molecular complexity index is 1180. The lowest BCUT2D eigenvalue weighted by molar-refractivity contribution is -0.127. The third-order valence-electron chi connectivity index (χ3n) is 6.11. The predicted molar refractivity (Wildman–Crippen MR) is 134 cm³/mol. The summed E-state index contributed by atoms with van der Waals surface area (Å²) in [5, 5.41) is 5.21. The maximum absolute atomic E-state index is 13.2. The molecule has 1 aliphatic rings. The Morgan fingerprint density at radius 3 is 2.64 bits per heavy atom. The van der Waals surface area contributed by atoms with E-state index in [0.717, 1.165) is 28.4 Å². The maximum atomic E-state index is 13.2. The number of hydrogen-bond donors (Lipinski definition) is 1. The number of nitrogens with zero attached hydrogens (tertiary/aromatic N) is 1. The standard InChI is InChI=1S/C28H32N2O3/c1-19(2)14-15-30-24-13-12-22(17-25(24)33-18-28(3,4)27(30)32)29-26(31)16-21-10-7-9-20-8-5-6-11-23(20)21/h5-13,17,19H,14-16,18H2,1-4H3,(H,29,31). The van der Waals surface area contributed by atoms with Crippen LogP contribution in [-0.4, -0.2) is 25.0 Å². The second-order valence-corrected chi connectivity index (χ2v) is 9.86. The van der Waals surface area contributed by atoms with E-state index in [1.165, 1.54) is 0 Å². The molecule has 0 saturated heterocycles. The zero-order valence-electron chi connectivity index (χ0n) is 19.9. The third kappa shape index (κ3) is 5.03. The Balaban J connectivity index is 1.55. The van der Waals surface area contributed by atoms with E-state index in [1.807, 2.05) is 79.4 Å². The molecule has 1 aliphatic heterocycles. The van der Waals surface area contributed by atoms with Crippen molar-refractivity contribution in [2.24, 2.45) is 11.3 Å². The maximum Gasteiger partial charge on any atom is 0.236 e. The van der Waals surface area contributed by atoms with Gasteiger partial charge in [0.2, 0.25) is 11.8 Å². The first-order valence-corrected chi connectivity index (χ1v) is 11.6. The molecule has 0 aliphatic carbocycles. The van der Waals surface area contributed by atoms with Gasteiger partial charge in [0.15, 0.2) is 0 Å². The lowest BCUT2D eigenvalue weighted by Gasteiger charge is -2.28. The van der Waals surface area contributed by atoms with Crippen LogP contribution in [0.4, 0.5) is 11.4 Å². The smallest absolute Gasteiger partial charge is 0.236 e. The number of rotatable bonds is 6. The third-order valence-corrected chi connectivity index (χ3v) is 6.11. The summed E-state index contributed by atoms with van der Waals surface area (Å²) in [7, 11) is 0. The number of nitrogens with one attached hydrogen (secondary N) is 1. The summed E-state index contributed by atoms with van der Waals surface area (Å²) in [6, 6.07) is 19.6. The number of carbonyl (C=O) groups is 2. The van der Waals surface area contributed by atoms with Crippen LogP contribution in [0.15, 0.2) is 60.7 Å². The highest BCUT2D eigenvalue weighted by Crippen LogP contribution is 2.38. The van der Waals surface area contributed by atoms with Gasteiger partial charge in [0.05, 0.1) is 17.5 Å². The summed E-state index contributed by atoms with van der Waals surface area (Å²) in [5.74, 6) is 1.09. The van der Waals surface area contributed by atoms with E-state index >= 15 is 0 Å². The van der Waals surface area contributed by atoms with Gasteiger partial charge >= 0.3 is 0 Å². The van der Waals surface area contributed by atoms with Crippen molar-refractivity contribution in [1.82, 2.24) is 0 Å². The van der Waals surface area contributed by atoms with Gasteiger partial charge in [-0.2, -0.15) is 0 Å². The van der Waals surface area contributed by atoms with Gasteiger partial charge in [0.1, 0.15) is 12.4 Å². The van der Waals surface area contributed by atoms with E-state index in [4.69, 9.17) is 4.74 Å². The minimum atomic E-state index is -0.617. The van der Waals surface area contributed by atoms with Gasteiger partial charge in [0, 0.05) is 18.3 Å². The van der Waals surface area contributed by atoms with Crippen LogP contribution >= 0.6 is 0 Å². The molecule has 3 aromatic rings. The van der Waals surface area contributed by atoms with Crippen LogP contribution < -0.4 is 15.0 Å². The second kappa shape index (κ2) is 9.26. The summed E-state index contributed by atoms with van der Waals surface area (Å²) < 4.78 is 6.06. The summed E-state index contributed by atoms with van der Waals surface area (Å²) in [5.41, 5.74) is 1.80. The van der Waals surface area contributed by atoms with Crippen LogP contribution in [0.3, 0.4) is 0 Å². The molecule has 0 spiro atoms. The minimum absolute atomic E-state index is 0.0645. The number of amides is 2. The lowest BCUT2D eigenvalue weighted by atomic mass is 9.92. The van der Waals surface area contributed by atoms with Crippen molar-refractivity contribution >= 4 is 34.0 Å². The summed E-state index contributed by atoms with van der Waals surface area (Å²) >= 11 is 0. The summed E-state index contributed by atoms with van der Waals surface area (Å²) in [4.78, 5) is 27.9. The van der Waals surface area contributed by atoms with Crippen molar-refractivity contribution in [3.8, 4) is 5.75 Å². The fraction of sp³-hybridized carbons (Fsp3) is 0.357. The van der Waals surface area contributed by atoms with Crippen LogP contribution in [0.1, 0.15) is 39.7 Å². The Labute approximate surface area is 195 Å². The second-order valence-electron chi connectivity index (χ2n) is 9.86. The van der Waals surface area contributed by atoms with Crippen molar-refractivity contribution in [1.29, 1.82) is 0 Å². The lowest BCUT2D eigenvalue weighted by Crippen LogP contribution is -2.42. The quantitative estimate of drug-likeness (QED) is 0.521. The number of fused-ring (bicyclic) bond motifs is 2. The SMILES string of the molecule is CC(C)CCN1C(=O)C(C)(C)COc2cc(NC(=O)Cc3cccc4ccccc34)ccc21. The highest BCUT2D eigenvalue weighted by molar-refractivity contribution is 6.00. The first-order chi connectivity index (χ1) is 15.7. The van der Waals surface area contributed by atoms with Gasteiger partial charge < -0.3 is 15.0 Å². The Hall–Kier alpha value is -3.34. The van der Waals surface area contributed by atoms with Crippen molar-refractivity contribution in [3.63, 3.8) is 0 Å². The van der Waals surface area contributed by atoms with Crippen LogP contribution in [0.25, 0.3) is 10.8 Å². The molecule has 1 heterocycles. The molecule has 172 valence electrons. The monoisotopic (exact) mass is 444 g/mol. The normalized spacial score (nSPS) is 15.2. The van der Waals surface area contributed by atoms with Crippen LogP contribution in [0, 0.1) is 11.3 Å². The first-order valence-electron chi connectivity index (χ1n) is 11.6. The number of hydrogen-bond acceptors (Lipinski definition) is 3. The van der Waals surface area contributed by atoms with E-state index in [2.05, 4.69) is 19.2 Å². The van der Waals surface area contributed by atoms with Gasteiger partial charge in [-0.05, 0) is 54.7 Å². The Morgan fingerprint density at radius 2 is 1.85 bits per heavy atom. The van der Waals surface area contributed by atoms with Gasteiger partial charge in [-0.25, -0.2) is 0 Å². The van der Waals surface area contributed by atoms with E-state index in [-0.39, 0.29) is 18.2 Å². The molecular weight excluding hydrogens is 412 g/mol. The van der Waals surface area contributed by atoms with Crippen LogP contribution in [0.2, 0.25) is 0 Å². The predicted octanol–water partition coefficient (Wildman–Crippen LogP) is 5.82. The fourth-order valence-corrected chi connectivity index (χ4v) is 4.16. The average molecular weight is 445 g/mol. The van der Waals surface area contributed by atoms with Crippen molar-refractivity contribution in [2.75, 3.05) is 23.4 Å². The minimum Gasteiger partial charge on any atom is -0.490 e. The zero-order chi connectivity index (χ0) is 23.6. The molecule has 0 radical (unpaired) electrons.